The van der Waals surface area contributed by atoms with Crippen LogP contribution in [-0.2, 0) is 14.9 Å². The number of hydrogen-bond donors (Lipinski definition) is 0. The van der Waals surface area contributed by atoms with Gasteiger partial charge in [0.2, 0.25) is 5.91 Å². The summed E-state index contributed by atoms with van der Waals surface area (Å²) >= 11 is 0. The first kappa shape index (κ1) is 17.7. The molecule has 1 saturated carbocycles. The third-order valence-electron chi connectivity index (χ3n) is 6.22. The van der Waals surface area contributed by atoms with Crippen LogP contribution >= 0.6 is 0 Å². The Morgan fingerprint density at radius 1 is 1.23 bits per heavy atom. The lowest BCUT2D eigenvalue weighted by molar-refractivity contribution is -0.136. The van der Waals surface area contributed by atoms with Crippen molar-refractivity contribution < 1.29 is 19.0 Å². The Bertz CT molecular complexity index is 681. The molecule has 4 rings (SSSR count). The van der Waals surface area contributed by atoms with Crippen LogP contribution in [0.4, 0.5) is 0 Å². The molecule has 1 aliphatic carbocycles. The normalized spacial score (nSPS) is 23.2. The second kappa shape index (κ2) is 7.10. The van der Waals surface area contributed by atoms with Gasteiger partial charge in [-0.15, -0.1) is 0 Å². The maximum absolute atomic E-state index is 12.9. The summed E-state index contributed by atoms with van der Waals surface area (Å²) in [7, 11) is 0. The van der Waals surface area contributed by atoms with Crippen molar-refractivity contribution in [2.45, 2.75) is 57.4 Å². The van der Waals surface area contributed by atoms with Gasteiger partial charge in [0, 0.05) is 18.6 Å². The number of carbonyl (C=O) groups is 1. The zero-order chi connectivity index (χ0) is 18.1. The summed E-state index contributed by atoms with van der Waals surface area (Å²) in [4.78, 5) is 15.0. The van der Waals surface area contributed by atoms with E-state index < -0.39 is 0 Å². The molecule has 26 heavy (non-hydrogen) atoms. The van der Waals surface area contributed by atoms with Crippen molar-refractivity contribution in [3.8, 4) is 11.5 Å². The van der Waals surface area contributed by atoms with E-state index >= 15 is 0 Å². The summed E-state index contributed by atoms with van der Waals surface area (Å²) in [6.07, 6.45) is 5.18. The highest BCUT2D eigenvalue weighted by Crippen LogP contribution is 2.51. The summed E-state index contributed by atoms with van der Waals surface area (Å²) in [5, 5.41) is 0. The number of fused-ring (bicyclic) bond motifs is 3. The topological polar surface area (TPSA) is 48.0 Å². The molecule has 0 N–H and O–H groups in total. The minimum atomic E-state index is 0.0566. The largest absolute Gasteiger partial charge is 0.486 e. The Hall–Kier alpha value is -1.75. The van der Waals surface area contributed by atoms with Crippen LogP contribution in [0.25, 0.3) is 0 Å². The number of hydrogen-bond acceptors (Lipinski definition) is 4. The van der Waals surface area contributed by atoms with Crippen molar-refractivity contribution in [2.75, 3.05) is 33.0 Å². The van der Waals surface area contributed by atoms with E-state index in [2.05, 4.69) is 24.0 Å². The molecule has 5 nitrogen and oxygen atoms in total. The monoisotopic (exact) mass is 359 g/mol. The molecule has 1 spiro atoms. The van der Waals surface area contributed by atoms with Crippen molar-refractivity contribution in [2.24, 2.45) is 0 Å². The minimum absolute atomic E-state index is 0.0566. The molecule has 1 fully saturated rings. The van der Waals surface area contributed by atoms with Gasteiger partial charge in [-0.1, -0.05) is 12.8 Å². The van der Waals surface area contributed by atoms with Crippen molar-refractivity contribution in [3.05, 3.63) is 23.3 Å². The second-order valence-electron chi connectivity index (χ2n) is 7.72. The molecule has 0 bridgehead atoms. The van der Waals surface area contributed by atoms with Gasteiger partial charge < -0.3 is 19.1 Å². The van der Waals surface area contributed by atoms with Crippen LogP contribution < -0.4 is 9.47 Å². The highest BCUT2D eigenvalue weighted by Gasteiger charge is 2.46. The van der Waals surface area contributed by atoms with E-state index in [9.17, 15) is 4.79 Å². The highest BCUT2D eigenvalue weighted by atomic mass is 16.6. The second-order valence-corrected chi connectivity index (χ2v) is 7.72. The third-order valence-corrected chi connectivity index (χ3v) is 6.22. The van der Waals surface area contributed by atoms with Crippen molar-refractivity contribution in [1.82, 2.24) is 4.90 Å². The van der Waals surface area contributed by atoms with Crippen LogP contribution in [0.15, 0.2) is 12.1 Å². The van der Waals surface area contributed by atoms with Crippen molar-refractivity contribution >= 4 is 5.91 Å². The first-order valence-electron chi connectivity index (χ1n) is 9.96. The minimum Gasteiger partial charge on any atom is -0.486 e. The van der Waals surface area contributed by atoms with E-state index in [0.29, 0.717) is 32.8 Å². The van der Waals surface area contributed by atoms with E-state index in [1.807, 2.05) is 6.92 Å². The molecule has 1 amide bonds. The Morgan fingerprint density at radius 3 is 2.62 bits per heavy atom. The Labute approximate surface area is 155 Å². The molecule has 1 atom stereocenters. The van der Waals surface area contributed by atoms with Crippen LogP contribution in [0.2, 0.25) is 0 Å². The Morgan fingerprint density at radius 2 is 1.92 bits per heavy atom. The number of ether oxygens (including phenoxy) is 3. The first-order chi connectivity index (χ1) is 12.6. The predicted octanol–water partition coefficient (Wildman–Crippen LogP) is 3.60. The van der Waals surface area contributed by atoms with Crippen LogP contribution in [0.5, 0.6) is 11.5 Å². The molecule has 5 heteroatoms. The molecule has 142 valence electrons. The van der Waals surface area contributed by atoms with E-state index in [4.69, 9.17) is 14.2 Å². The molecular formula is C21H29NO4. The predicted molar refractivity (Wildman–Crippen MR) is 98.8 cm³/mol. The first-order valence-corrected chi connectivity index (χ1v) is 9.96. The maximum atomic E-state index is 12.9. The fourth-order valence-electron chi connectivity index (χ4n) is 4.86. The van der Waals surface area contributed by atoms with Crippen molar-refractivity contribution in [3.63, 3.8) is 0 Å². The highest BCUT2D eigenvalue weighted by molar-refractivity contribution is 5.78. The number of nitrogens with zero attached hydrogens (tertiary/aromatic N) is 1. The number of carbonyl (C=O) groups excluding carboxylic acids is 1. The lowest BCUT2D eigenvalue weighted by Gasteiger charge is -2.46. The van der Waals surface area contributed by atoms with E-state index in [1.54, 1.807) is 0 Å². The fourth-order valence-corrected chi connectivity index (χ4v) is 4.86. The standard InChI is InChI=1S/C21H29NO4/c1-3-24-9-6-20(23)22-14-21(7-4-5-8-21)17-13-19-18(25-10-11-26-19)12-16(17)15(22)2/h12-13,15H,3-11,14H2,1-2H3. The van der Waals surface area contributed by atoms with Gasteiger partial charge in [0.25, 0.3) is 0 Å². The van der Waals surface area contributed by atoms with Gasteiger partial charge in [-0.05, 0) is 49.9 Å². The third kappa shape index (κ3) is 2.96. The lowest BCUT2D eigenvalue weighted by atomic mass is 9.71. The molecule has 0 aromatic heterocycles. The summed E-state index contributed by atoms with van der Waals surface area (Å²) in [5.74, 6) is 1.88. The summed E-state index contributed by atoms with van der Waals surface area (Å²) in [6.45, 7) is 7.25. The molecular weight excluding hydrogens is 330 g/mol. The SMILES string of the molecule is CCOCCC(=O)N1CC2(CCCC2)c2cc3c(cc2C1C)OCCO3. The van der Waals surface area contributed by atoms with E-state index in [-0.39, 0.29) is 17.4 Å². The van der Waals surface area contributed by atoms with Gasteiger partial charge in [-0.3, -0.25) is 4.79 Å². The molecule has 2 aliphatic heterocycles. The molecule has 0 radical (unpaired) electrons. The number of benzene rings is 1. The maximum Gasteiger partial charge on any atom is 0.225 e. The van der Waals surface area contributed by atoms with Crippen LogP contribution in [0, 0.1) is 0 Å². The molecule has 0 saturated heterocycles. The van der Waals surface area contributed by atoms with Crippen LogP contribution in [0.3, 0.4) is 0 Å². The zero-order valence-electron chi connectivity index (χ0n) is 15.9. The van der Waals surface area contributed by atoms with Gasteiger partial charge in [0.05, 0.1) is 19.1 Å². The smallest absolute Gasteiger partial charge is 0.225 e. The molecule has 2 heterocycles. The van der Waals surface area contributed by atoms with Crippen LogP contribution in [0.1, 0.15) is 63.1 Å². The molecule has 1 aromatic carbocycles. The fraction of sp³-hybridized carbons (Fsp3) is 0.667. The molecule has 3 aliphatic rings. The Kier molecular flexibility index (Phi) is 4.82. The van der Waals surface area contributed by atoms with Gasteiger partial charge in [0.15, 0.2) is 11.5 Å². The summed E-state index contributed by atoms with van der Waals surface area (Å²) < 4.78 is 17.1. The van der Waals surface area contributed by atoms with E-state index in [0.717, 1.165) is 30.9 Å². The lowest BCUT2D eigenvalue weighted by Crippen LogP contribution is -2.48. The average Bonchev–Trinajstić information content (AvgIpc) is 3.13. The summed E-state index contributed by atoms with van der Waals surface area (Å²) in [6, 6.07) is 4.38. The average molecular weight is 359 g/mol. The van der Waals surface area contributed by atoms with Gasteiger partial charge in [-0.2, -0.15) is 0 Å². The van der Waals surface area contributed by atoms with E-state index in [1.165, 1.54) is 24.0 Å². The zero-order valence-corrected chi connectivity index (χ0v) is 15.9. The Balaban J connectivity index is 1.69. The van der Waals surface area contributed by atoms with Gasteiger partial charge in [0.1, 0.15) is 13.2 Å². The number of rotatable bonds is 4. The molecule has 1 unspecified atom stereocenters. The summed E-state index contributed by atoms with van der Waals surface area (Å²) in [5.41, 5.74) is 2.67. The van der Waals surface area contributed by atoms with Gasteiger partial charge in [-0.25, -0.2) is 0 Å². The quantitative estimate of drug-likeness (QED) is 0.771. The molecule has 1 aromatic rings. The van der Waals surface area contributed by atoms with Crippen LogP contribution in [-0.4, -0.2) is 43.8 Å². The van der Waals surface area contributed by atoms with Gasteiger partial charge >= 0.3 is 0 Å². The number of amides is 1. The van der Waals surface area contributed by atoms with Crippen molar-refractivity contribution in [1.29, 1.82) is 0 Å².